The molecule has 94 valence electrons. The second-order valence-corrected chi connectivity index (χ2v) is 5.30. The van der Waals surface area contributed by atoms with Crippen molar-refractivity contribution in [3.05, 3.63) is 29.8 Å². The van der Waals surface area contributed by atoms with Crippen molar-refractivity contribution in [3.63, 3.8) is 0 Å². The summed E-state index contributed by atoms with van der Waals surface area (Å²) in [6, 6.07) is 8.58. The molecule has 0 saturated heterocycles. The molecule has 1 aliphatic carbocycles. The SMILES string of the molecule is CCC(NC1CCC(C)C1)c1ccccc1O. The molecule has 0 spiro atoms. The first kappa shape index (κ1) is 12.4. The number of para-hydroxylation sites is 1. The van der Waals surface area contributed by atoms with Gasteiger partial charge in [-0.15, -0.1) is 0 Å². The van der Waals surface area contributed by atoms with Gasteiger partial charge in [0, 0.05) is 17.6 Å². The monoisotopic (exact) mass is 233 g/mol. The second-order valence-electron chi connectivity index (χ2n) is 5.30. The van der Waals surface area contributed by atoms with Crippen molar-refractivity contribution in [3.8, 4) is 5.75 Å². The van der Waals surface area contributed by atoms with Crippen LogP contribution in [0.2, 0.25) is 0 Å². The summed E-state index contributed by atoms with van der Waals surface area (Å²) in [7, 11) is 0. The lowest BCUT2D eigenvalue weighted by Gasteiger charge is -2.23. The molecule has 17 heavy (non-hydrogen) atoms. The molecule has 1 aromatic carbocycles. The normalized spacial score (nSPS) is 26.0. The minimum absolute atomic E-state index is 0.284. The van der Waals surface area contributed by atoms with E-state index >= 15 is 0 Å². The van der Waals surface area contributed by atoms with Gasteiger partial charge in [0.15, 0.2) is 0 Å². The Labute approximate surface area is 104 Å². The maximum atomic E-state index is 9.90. The second kappa shape index (κ2) is 5.54. The van der Waals surface area contributed by atoms with Gasteiger partial charge in [0.2, 0.25) is 0 Å². The molecule has 1 fully saturated rings. The van der Waals surface area contributed by atoms with Crippen LogP contribution in [-0.4, -0.2) is 11.1 Å². The molecule has 2 nitrogen and oxygen atoms in total. The maximum Gasteiger partial charge on any atom is 0.120 e. The highest BCUT2D eigenvalue weighted by Crippen LogP contribution is 2.30. The van der Waals surface area contributed by atoms with E-state index in [1.807, 2.05) is 18.2 Å². The first-order valence-electron chi connectivity index (χ1n) is 6.74. The summed E-state index contributed by atoms with van der Waals surface area (Å²) in [5.74, 6) is 1.26. The van der Waals surface area contributed by atoms with Gasteiger partial charge in [0.25, 0.3) is 0 Å². The minimum Gasteiger partial charge on any atom is -0.508 e. The van der Waals surface area contributed by atoms with Gasteiger partial charge in [0.1, 0.15) is 5.75 Å². The third-order valence-corrected chi connectivity index (χ3v) is 3.85. The Kier molecular flexibility index (Phi) is 4.06. The van der Waals surface area contributed by atoms with E-state index in [-0.39, 0.29) is 6.04 Å². The van der Waals surface area contributed by atoms with Gasteiger partial charge in [-0.25, -0.2) is 0 Å². The zero-order valence-corrected chi connectivity index (χ0v) is 10.8. The van der Waals surface area contributed by atoms with Gasteiger partial charge in [-0.3, -0.25) is 0 Å². The molecule has 2 rings (SSSR count). The number of rotatable bonds is 4. The molecule has 3 unspecified atom stereocenters. The van der Waals surface area contributed by atoms with E-state index in [4.69, 9.17) is 0 Å². The van der Waals surface area contributed by atoms with E-state index in [9.17, 15) is 5.11 Å². The third-order valence-electron chi connectivity index (χ3n) is 3.85. The van der Waals surface area contributed by atoms with Crippen LogP contribution in [0.3, 0.4) is 0 Å². The van der Waals surface area contributed by atoms with Crippen LogP contribution in [-0.2, 0) is 0 Å². The molecule has 1 aromatic rings. The van der Waals surface area contributed by atoms with E-state index in [0.29, 0.717) is 11.8 Å². The zero-order chi connectivity index (χ0) is 12.3. The highest BCUT2D eigenvalue weighted by molar-refractivity contribution is 5.34. The number of nitrogens with one attached hydrogen (secondary N) is 1. The summed E-state index contributed by atoms with van der Waals surface area (Å²) in [4.78, 5) is 0. The van der Waals surface area contributed by atoms with Crippen molar-refractivity contribution in [2.45, 2.75) is 51.6 Å². The van der Waals surface area contributed by atoms with E-state index in [0.717, 1.165) is 17.9 Å². The van der Waals surface area contributed by atoms with E-state index in [2.05, 4.69) is 19.2 Å². The van der Waals surface area contributed by atoms with Crippen LogP contribution in [0, 0.1) is 5.92 Å². The predicted octanol–water partition coefficient (Wildman–Crippen LogP) is 3.62. The zero-order valence-electron chi connectivity index (χ0n) is 10.8. The third kappa shape index (κ3) is 3.01. The molecule has 0 aliphatic heterocycles. The van der Waals surface area contributed by atoms with Crippen LogP contribution in [0.5, 0.6) is 5.75 Å². The molecule has 0 heterocycles. The van der Waals surface area contributed by atoms with Gasteiger partial charge in [-0.2, -0.15) is 0 Å². The van der Waals surface area contributed by atoms with E-state index < -0.39 is 0 Å². The van der Waals surface area contributed by atoms with Crippen molar-refractivity contribution >= 4 is 0 Å². The van der Waals surface area contributed by atoms with Crippen molar-refractivity contribution in [2.75, 3.05) is 0 Å². The highest BCUT2D eigenvalue weighted by Gasteiger charge is 2.24. The fraction of sp³-hybridized carbons (Fsp3) is 0.600. The van der Waals surface area contributed by atoms with Crippen molar-refractivity contribution in [2.24, 2.45) is 5.92 Å². The summed E-state index contributed by atoms with van der Waals surface area (Å²) >= 11 is 0. The summed E-state index contributed by atoms with van der Waals surface area (Å²) < 4.78 is 0. The van der Waals surface area contributed by atoms with E-state index in [1.54, 1.807) is 6.07 Å². The fourth-order valence-electron chi connectivity index (χ4n) is 2.85. The van der Waals surface area contributed by atoms with Crippen molar-refractivity contribution < 1.29 is 5.11 Å². The summed E-state index contributed by atoms with van der Waals surface area (Å²) in [5, 5.41) is 13.6. The van der Waals surface area contributed by atoms with Crippen LogP contribution < -0.4 is 5.32 Å². The van der Waals surface area contributed by atoms with Crippen LogP contribution in [0.4, 0.5) is 0 Å². The molecule has 0 aromatic heterocycles. The number of hydrogen-bond donors (Lipinski definition) is 2. The number of phenolic OH excluding ortho intramolecular Hbond substituents is 1. The van der Waals surface area contributed by atoms with Crippen LogP contribution in [0.25, 0.3) is 0 Å². The molecule has 2 N–H and O–H groups in total. The lowest BCUT2D eigenvalue weighted by molar-refractivity contribution is 0.400. The predicted molar refractivity (Wildman–Crippen MR) is 71.1 cm³/mol. The first-order valence-corrected chi connectivity index (χ1v) is 6.74. The molecule has 1 aliphatic rings. The van der Waals surface area contributed by atoms with Gasteiger partial charge in [0.05, 0.1) is 0 Å². The van der Waals surface area contributed by atoms with Crippen LogP contribution >= 0.6 is 0 Å². The average Bonchev–Trinajstić information content (AvgIpc) is 2.73. The van der Waals surface area contributed by atoms with Crippen molar-refractivity contribution in [1.29, 1.82) is 0 Å². The lowest BCUT2D eigenvalue weighted by Crippen LogP contribution is -2.30. The van der Waals surface area contributed by atoms with Gasteiger partial charge < -0.3 is 10.4 Å². The Morgan fingerprint density at radius 2 is 2.12 bits per heavy atom. The number of benzene rings is 1. The molecule has 2 heteroatoms. The first-order chi connectivity index (χ1) is 8.20. The molecule has 1 saturated carbocycles. The Morgan fingerprint density at radius 3 is 2.71 bits per heavy atom. The molecule has 0 amide bonds. The molecule has 0 radical (unpaired) electrons. The number of phenols is 1. The number of aromatic hydroxyl groups is 1. The summed E-state index contributed by atoms with van der Waals surface area (Å²) in [6.07, 6.45) is 4.88. The summed E-state index contributed by atoms with van der Waals surface area (Å²) in [6.45, 7) is 4.49. The molecular weight excluding hydrogens is 210 g/mol. The Morgan fingerprint density at radius 1 is 1.35 bits per heavy atom. The largest absolute Gasteiger partial charge is 0.508 e. The van der Waals surface area contributed by atoms with Crippen LogP contribution in [0.15, 0.2) is 24.3 Å². The standard InChI is InChI=1S/C15H23NO/c1-3-14(13-6-4-5-7-15(13)17)16-12-9-8-11(2)10-12/h4-7,11-12,14,16-17H,3,8-10H2,1-2H3. The topological polar surface area (TPSA) is 32.3 Å². The van der Waals surface area contributed by atoms with Gasteiger partial charge in [-0.1, -0.05) is 32.0 Å². The lowest BCUT2D eigenvalue weighted by atomic mass is 10.0. The average molecular weight is 233 g/mol. The quantitative estimate of drug-likeness (QED) is 0.832. The van der Waals surface area contributed by atoms with Gasteiger partial charge >= 0.3 is 0 Å². The Hall–Kier alpha value is -1.02. The van der Waals surface area contributed by atoms with E-state index in [1.165, 1.54) is 19.3 Å². The summed E-state index contributed by atoms with van der Waals surface area (Å²) in [5.41, 5.74) is 1.04. The Balaban J connectivity index is 2.04. The maximum absolute atomic E-state index is 9.90. The molecule has 3 atom stereocenters. The highest BCUT2D eigenvalue weighted by atomic mass is 16.3. The minimum atomic E-state index is 0.284. The van der Waals surface area contributed by atoms with Gasteiger partial charge in [-0.05, 0) is 37.7 Å². The molecule has 0 bridgehead atoms. The smallest absolute Gasteiger partial charge is 0.120 e. The molecular formula is C15H23NO. The van der Waals surface area contributed by atoms with Crippen molar-refractivity contribution in [1.82, 2.24) is 5.32 Å². The fourth-order valence-corrected chi connectivity index (χ4v) is 2.85. The Bertz CT molecular complexity index is 364. The number of hydrogen-bond acceptors (Lipinski definition) is 2. The van der Waals surface area contributed by atoms with Crippen LogP contribution in [0.1, 0.15) is 51.1 Å².